The molecular weight excluding hydrogens is 419 g/mol. The van der Waals surface area contributed by atoms with Gasteiger partial charge >= 0.3 is 0 Å². The molecule has 1 unspecified atom stereocenters. The lowest BCUT2D eigenvalue weighted by molar-refractivity contribution is -0.116. The van der Waals surface area contributed by atoms with Gasteiger partial charge in [0, 0.05) is 22.8 Å². The number of hydrogen-bond donors (Lipinski definition) is 2. The van der Waals surface area contributed by atoms with Crippen molar-refractivity contribution in [1.29, 1.82) is 0 Å². The van der Waals surface area contributed by atoms with Gasteiger partial charge in [-0.2, -0.15) is 0 Å². The summed E-state index contributed by atoms with van der Waals surface area (Å²) < 4.78 is 14.1. The lowest BCUT2D eigenvalue weighted by Gasteiger charge is -2.15. The molecule has 1 aliphatic carbocycles. The normalized spacial score (nSPS) is 15.2. The second-order valence-corrected chi connectivity index (χ2v) is 8.71. The summed E-state index contributed by atoms with van der Waals surface area (Å²) in [6.07, 6.45) is 4.32. The van der Waals surface area contributed by atoms with Crippen molar-refractivity contribution >= 4 is 34.0 Å². The number of carbonyl (C=O) groups is 2. The molecule has 2 amide bonds. The molecule has 0 fully saturated rings. The third-order valence-electron chi connectivity index (χ3n) is 5.09. The molecule has 0 saturated carbocycles. The number of rotatable bonds is 5. The molecule has 1 atom stereocenters. The highest BCUT2D eigenvalue weighted by Gasteiger charge is 2.21. The van der Waals surface area contributed by atoms with Crippen LogP contribution in [-0.2, 0) is 24.2 Å². The summed E-state index contributed by atoms with van der Waals surface area (Å²) in [4.78, 5) is 42.8. The van der Waals surface area contributed by atoms with Crippen LogP contribution in [0, 0.1) is 11.7 Å². The average molecular weight is 441 g/mol. The summed E-state index contributed by atoms with van der Waals surface area (Å²) >= 11 is 1.48. The minimum atomic E-state index is -0.465. The zero-order chi connectivity index (χ0) is 22.0. The van der Waals surface area contributed by atoms with E-state index in [-0.39, 0.29) is 12.1 Å². The maximum Gasteiger partial charge on any atom is 0.258 e. The number of nitrogens with zero attached hydrogens (tertiary/aromatic N) is 2. The maximum atomic E-state index is 13.0. The number of anilines is 2. The van der Waals surface area contributed by atoms with Gasteiger partial charge in [0.15, 0.2) is 5.13 Å². The second kappa shape index (κ2) is 8.81. The number of carbonyl (C=O) groups excluding carboxylic acids is 2. The SMILES string of the molecule is CC1CCc2nc(NC(=O)c3ccc(=O)n(CC(=O)Nc4ccc(F)cc4)c3)sc2C1. The Morgan fingerprint density at radius 2 is 1.97 bits per heavy atom. The molecule has 1 aliphatic rings. The summed E-state index contributed by atoms with van der Waals surface area (Å²) in [5.74, 6) is -0.663. The minimum absolute atomic E-state index is 0.246. The van der Waals surface area contributed by atoms with Gasteiger partial charge in [-0.15, -0.1) is 11.3 Å². The smallest absolute Gasteiger partial charge is 0.258 e. The summed E-state index contributed by atoms with van der Waals surface area (Å²) in [7, 11) is 0. The molecule has 9 heteroatoms. The number of aromatic nitrogens is 2. The number of nitrogens with one attached hydrogen (secondary N) is 2. The Bertz CT molecular complexity index is 1190. The Morgan fingerprint density at radius 3 is 2.74 bits per heavy atom. The Kier molecular flexibility index (Phi) is 5.94. The van der Waals surface area contributed by atoms with Crippen molar-refractivity contribution in [1.82, 2.24) is 9.55 Å². The van der Waals surface area contributed by atoms with Gasteiger partial charge in [-0.05, 0) is 55.5 Å². The van der Waals surface area contributed by atoms with Crippen LogP contribution in [0.25, 0.3) is 0 Å². The molecule has 0 radical (unpaired) electrons. The molecule has 7 nitrogen and oxygen atoms in total. The van der Waals surface area contributed by atoms with Gasteiger partial charge in [0.1, 0.15) is 12.4 Å². The molecule has 0 spiro atoms. The standard InChI is InChI=1S/C22H21FN4O3S/c1-13-2-8-17-18(10-13)31-22(25-17)26-21(30)14-3-9-20(29)27(11-14)12-19(28)24-16-6-4-15(23)5-7-16/h3-7,9,11,13H,2,8,10,12H2,1H3,(H,24,28)(H,25,26,30). The summed E-state index contributed by atoms with van der Waals surface area (Å²) in [6.45, 7) is 1.93. The van der Waals surface area contributed by atoms with Gasteiger partial charge in [-0.1, -0.05) is 6.92 Å². The monoisotopic (exact) mass is 440 g/mol. The second-order valence-electron chi connectivity index (χ2n) is 7.63. The molecule has 160 valence electrons. The van der Waals surface area contributed by atoms with Gasteiger partial charge < -0.3 is 9.88 Å². The highest BCUT2D eigenvalue weighted by Crippen LogP contribution is 2.32. The lowest BCUT2D eigenvalue weighted by Crippen LogP contribution is -2.28. The van der Waals surface area contributed by atoms with Crippen molar-refractivity contribution in [2.75, 3.05) is 10.6 Å². The largest absolute Gasteiger partial charge is 0.325 e. The fraction of sp³-hybridized carbons (Fsp3) is 0.273. The van der Waals surface area contributed by atoms with Crippen molar-refractivity contribution in [3.8, 4) is 0 Å². The first-order valence-corrected chi connectivity index (χ1v) is 10.7. The number of aryl methyl sites for hydroxylation is 1. The van der Waals surface area contributed by atoms with Crippen LogP contribution in [0.5, 0.6) is 0 Å². The minimum Gasteiger partial charge on any atom is -0.325 e. The zero-order valence-corrected chi connectivity index (χ0v) is 17.7. The number of amides is 2. The fourth-order valence-electron chi connectivity index (χ4n) is 3.44. The molecule has 1 aromatic carbocycles. The van der Waals surface area contributed by atoms with E-state index in [9.17, 15) is 18.8 Å². The van der Waals surface area contributed by atoms with Crippen LogP contribution in [0.1, 0.15) is 34.3 Å². The van der Waals surface area contributed by atoms with E-state index in [4.69, 9.17) is 0 Å². The Balaban J connectivity index is 1.44. The molecule has 4 rings (SSSR count). The predicted molar refractivity (Wildman–Crippen MR) is 117 cm³/mol. The average Bonchev–Trinajstić information content (AvgIpc) is 3.12. The van der Waals surface area contributed by atoms with Crippen LogP contribution in [-0.4, -0.2) is 21.4 Å². The van der Waals surface area contributed by atoms with E-state index < -0.39 is 23.2 Å². The first-order chi connectivity index (χ1) is 14.9. The number of hydrogen-bond acceptors (Lipinski definition) is 5. The Morgan fingerprint density at radius 1 is 1.19 bits per heavy atom. The van der Waals surface area contributed by atoms with Crippen molar-refractivity contribution in [3.05, 3.63) is 74.9 Å². The molecule has 31 heavy (non-hydrogen) atoms. The van der Waals surface area contributed by atoms with E-state index in [1.807, 2.05) is 0 Å². The number of pyridine rings is 1. The van der Waals surface area contributed by atoms with Gasteiger partial charge in [-0.25, -0.2) is 9.37 Å². The molecule has 0 aliphatic heterocycles. The van der Waals surface area contributed by atoms with Crippen LogP contribution >= 0.6 is 11.3 Å². The van der Waals surface area contributed by atoms with Gasteiger partial charge in [-0.3, -0.25) is 19.7 Å². The maximum absolute atomic E-state index is 13.0. The van der Waals surface area contributed by atoms with E-state index in [1.165, 1.54) is 58.8 Å². The van der Waals surface area contributed by atoms with Gasteiger partial charge in [0.2, 0.25) is 5.91 Å². The first kappa shape index (κ1) is 20.9. The van der Waals surface area contributed by atoms with Crippen LogP contribution in [0.4, 0.5) is 15.2 Å². The first-order valence-electron chi connectivity index (χ1n) is 9.93. The molecule has 2 heterocycles. The fourth-order valence-corrected chi connectivity index (χ4v) is 4.61. The summed E-state index contributed by atoms with van der Waals surface area (Å²) in [5, 5.41) is 5.92. The zero-order valence-electron chi connectivity index (χ0n) is 16.9. The molecule has 2 aromatic heterocycles. The van der Waals surface area contributed by atoms with Crippen LogP contribution in [0.15, 0.2) is 47.4 Å². The highest BCUT2D eigenvalue weighted by molar-refractivity contribution is 7.15. The third kappa shape index (κ3) is 5.05. The number of fused-ring (bicyclic) bond motifs is 1. The van der Waals surface area contributed by atoms with Gasteiger partial charge in [0.25, 0.3) is 11.5 Å². The van der Waals surface area contributed by atoms with Crippen LogP contribution in [0.3, 0.4) is 0 Å². The quantitative estimate of drug-likeness (QED) is 0.636. The van der Waals surface area contributed by atoms with E-state index in [0.29, 0.717) is 16.7 Å². The molecule has 0 bridgehead atoms. The van der Waals surface area contributed by atoms with E-state index in [0.717, 1.165) is 29.5 Å². The van der Waals surface area contributed by atoms with Crippen molar-refractivity contribution in [2.45, 2.75) is 32.7 Å². The van der Waals surface area contributed by atoms with E-state index in [1.54, 1.807) is 0 Å². The van der Waals surface area contributed by atoms with Crippen LogP contribution < -0.4 is 16.2 Å². The van der Waals surface area contributed by atoms with E-state index >= 15 is 0 Å². The number of benzene rings is 1. The Labute approximate surface area is 181 Å². The van der Waals surface area contributed by atoms with Crippen molar-refractivity contribution in [2.24, 2.45) is 5.92 Å². The highest BCUT2D eigenvalue weighted by atomic mass is 32.1. The number of halogens is 1. The lowest BCUT2D eigenvalue weighted by atomic mass is 9.93. The molecular formula is C22H21FN4O3S. The van der Waals surface area contributed by atoms with Crippen molar-refractivity contribution < 1.29 is 14.0 Å². The summed E-state index contributed by atoms with van der Waals surface area (Å²) in [5.41, 5.74) is 1.29. The molecule has 2 N–H and O–H groups in total. The van der Waals surface area contributed by atoms with Crippen molar-refractivity contribution in [3.63, 3.8) is 0 Å². The molecule has 0 saturated heterocycles. The third-order valence-corrected chi connectivity index (χ3v) is 6.13. The van der Waals surface area contributed by atoms with Crippen LogP contribution in [0.2, 0.25) is 0 Å². The number of thiazole rings is 1. The predicted octanol–water partition coefficient (Wildman–Crippen LogP) is 3.46. The van der Waals surface area contributed by atoms with E-state index in [2.05, 4.69) is 22.5 Å². The summed E-state index contributed by atoms with van der Waals surface area (Å²) in [6, 6.07) is 7.96. The van der Waals surface area contributed by atoms with Gasteiger partial charge in [0.05, 0.1) is 11.3 Å². The topological polar surface area (TPSA) is 93.1 Å². The molecule has 3 aromatic rings. The Hall–Kier alpha value is -3.33.